The second kappa shape index (κ2) is 36.1. The molecule has 514 valence electrons. The number of para-hydroxylation sites is 3. The molecule has 0 saturated carbocycles. The third kappa shape index (κ3) is 16.1. The van der Waals surface area contributed by atoms with E-state index in [1.807, 2.05) is 191 Å². The molecule has 0 spiro atoms. The first-order valence-electron chi connectivity index (χ1n) is 36.2. The Morgan fingerprint density at radius 3 is 1.27 bits per heavy atom. The third-order valence-corrected chi connectivity index (χ3v) is 17.6. The number of aryl methyl sites for hydroxylation is 2. The number of fused-ring (bicyclic) bond motifs is 18. The van der Waals surface area contributed by atoms with Crippen LogP contribution in [0.5, 0.6) is 0 Å². The number of rotatable bonds is 3. The first-order valence-corrected chi connectivity index (χ1v) is 36.2. The summed E-state index contributed by atoms with van der Waals surface area (Å²) in [5, 5.41) is 12.6. The topological polar surface area (TPSA) is 113 Å². The summed E-state index contributed by atoms with van der Waals surface area (Å²) in [7, 11) is 2.05. The molecule has 0 fully saturated rings. The van der Waals surface area contributed by atoms with Crippen LogP contribution in [0.1, 0.15) is 83.6 Å². The van der Waals surface area contributed by atoms with E-state index in [2.05, 4.69) is 256 Å². The van der Waals surface area contributed by atoms with E-state index in [1.165, 1.54) is 110 Å². The quantitative estimate of drug-likeness (QED) is 0.161. The highest BCUT2D eigenvalue weighted by molar-refractivity contribution is 6.25. The summed E-state index contributed by atoms with van der Waals surface area (Å²) >= 11 is 0. The Balaban J connectivity index is 0.000000123. The lowest BCUT2D eigenvalue weighted by atomic mass is 9.96. The van der Waals surface area contributed by atoms with Crippen LogP contribution in [0.4, 0.5) is 0 Å². The van der Waals surface area contributed by atoms with Crippen LogP contribution in [0.2, 0.25) is 0 Å². The summed E-state index contributed by atoms with van der Waals surface area (Å²) in [5.74, 6) is 2.16. The van der Waals surface area contributed by atoms with Crippen LogP contribution in [0, 0.1) is 6.92 Å². The first-order chi connectivity index (χ1) is 51.5. The summed E-state index contributed by atoms with van der Waals surface area (Å²) in [6, 6.07) is 97.8. The van der Waals surface area contributed by atoms with E-state index in [0.717, 1.165) is 46.8 Å². The van der Waals surface area contributed by atoms with E-state index < -0.39 is 0 Å². The van der Waals surface area contributed by atoms with Crippen molar-refractivity contribution >= 4 is 76.2 Å². The molecule has 10 heteroatoms. The van der Waals surface area contributed by atoms with Gasteiger partial charge in [0, 0.05) is 113 Å². The van der Waals surface area contributed by atoms with Crippen molar-refractivity contribution in [2.75, 3.05) is 0 Å². The molecule has 8 heterocycles. The minimum absolute atomic E-state index is 0.715. The van der Waals surface area contributed by atoms with Gasteiger partial charge < -0.3 is 4.57 Å². The fraction of sp³-hybridized carbons (Fsp3) is 0.128. The lowest BCUT2D eigenvalue weighted by Gasteiger charge is -2.09. The molecule has 104 heavy (non-hydrogen) atoms. The number of hydrogen-bond donors (Lipinski definition) is 0. The zero-order chi connectivity index (χ0) is 72.6. The predicted molar refractivity (Wildman–Crippen MR) is 439 cm³/mol. The SMILES string of the molecule is CC.CC.CC.CC.Cc1nc(-c2ccccc2)nc(-c2ccccc2)n1.Cn1c2ccccc2c2cccnc21.c1ccc(-n2c3ccccc3c3cccnc32)cc1.c1ccc2c(c1)Cc1cnccc1-2.c1ccc2c(c1)Cc1ncccc1-2.c1ccc2c(c1)c1ccccc1c1cnccc21. The number of aromatic nitrogens is 10. The van der Waals surface area contributed by atoms with Crippen LogP contribution in [-0.2, 0) is 19.9 Å². The molecule has 8 aromatic heterocycles. The zero-order valence-electron chi connectivity index (χ0n) is 61.1. The van der Waals surface area contributed by atoms with Gasteiger partial charge in [0.2, 0.25) is 0 Å². The monoisotopic (exact) mass is 1360 g/mol. The number of pyridine rings is 5. The molecule has 10 aromatic carbocycles. The molecule has 0 bridgehead atoms. The van der Waals surface area contributed by atoms with Crippen molar-refractivity contribution in [1.82, 2.24) is 49.0 Å². The van der Waals surface area contributed by atoms with Gasteiger partial charge in [-0.2, -0.15) is 0 Å². The Labute approximate surface area is 611 Å². The molecule has 0 atom stereocenters. The second-order valence-electron chi connectivity index (χ2n) is 23.5. The molecule has 20 rings (SSSR count). The van der Waals surface area contributed by atoms with Gasteiger partial charge in [0.1, 0.15) is 17.1 Å². The fourth-order valence-corrected chi connectivity index (χ4v) is 13.2. The van der Waals surface area contributed by atoms with Gasteiger partial charge in [-0.25, -0.2) is 24.9 Å². The van der Waals surface area contributed by atoms with Gasteiger partial charge in [0.15, 0.2) is 11.6 Å². The maximum Gasteiger partial charge on any atom is 0.163 e. The Morgan fingerprint density at radius 1 is 0.279 bits per heavy atom. The molecule has 2 aliphatic rings. The largest absolute Gasteiger partial charge is 0.328 e. The maximum absolute atomic E-state index is 4.56. The molecular weight excluding hydrogens is 1270 g/mol. The van der Waals surface area contributed by atoms with Crippen LogP contribution in [-0.4, -0.2) is 49.0 Å². The first kappa shape index (κ1) is 72.6. The summed E-state index contributed by atoms with van der Waals surface area (Å²) < 4.78 is 4.34. The van der Waals surface area contributed by atoms with E-state index in [0.29, 0.717) is 11.6 Å². The molecule has 0 N–H and O–H groups in total. The molecule has 0 unspecified atom stereocenters. The predicted octanol–water partition coefficient (Wildman–Crippen LogP) is 24.4. The minimum atomic E-state index is 0.715. The Bertz CT molecular complexity index is 5210. The molecule has 0 radical (unpaired) electrons. The number of benzene rings is 10. The second-order valence-corrected chi connectivity index (χ2v) is 23.5. The van der Waals surface area contributed by atoms with Crippen molar-refractivity contribution in [3.63, 3.8) is 0 Å². The Hall–Kier alpha value is -12.7. The molecule has 0 aliphatic heterocycles. The van der Waals surface area contributed by atoms with Crippen LogP contribution >= 0.6 is 0 Å². The summed E-state index contributed by atoms with van der Waals surface area (Å²) in [5.41, 5.74) is 18.4. The lowest BCUT2D eigenvalue weighted by molar-refractivity contribution is 0.990. The van der Waals surface area contributed by atoms with Crippen LogP contribution < -0.4 is 0 Å². The highest BCUT2D eigenvalue weighted by Crippen LogP contribution is 2.38. The van der Waals surface area contributed by atoms with Crippen molar-refractivity contribution in [1.29, 1.82) is 0 Å². The standard InChI is InChI=1S/C17H12N2.C17H11N.C16H13N3.C12H10N2.2C12H9N.4C2H6/c1-2-7-13(8-3-1)19-16-11-5-4-9-14(16)15-10-6-12-18-17(15)19;1-2-7-14-12(5-1)13-6-3-4-8-15(13)17-11-18-10-9-16(14)17;1-12-17-15(13-8-4-2-5-9-13)19-16(18-12)14-10-6-3-7-11-14;1-14-11-7-3-2-5-9(11)10-6-4-8-13-12(10)14;1-2-5-10-9(4-1)8-12-11(10)6-3-7-13-12;1-2-4-11-9(3-1)7-10-8-13-6-5-12(10)11;4*1-2/h1-12H;1-11H;2-11H,1H3;2-8H,1H3;1-7H,8H2;1-6,8H,7H2;4*1-2H3. The minimum Gasteiger partial charge on any atom is -0.328 e. The van der Waals surface area contributed by atoms with Crippen molar-refractivity contribution in [3.8, 4) is 50.7 Å². The maximum atomic E-state index is 4.56. The summed E-state index contributed by atoms with van der Waals surface area (Å²) in [6.07, 6.45) is 15.2. The molecule has 18 aromatic rings. The molecule has 10 nitrogen and oxygen atoms in total. The zero-order valence-corrected chi connectivity index (χ0v) is 61.1. The van der Waals surface area contributed by atoms with Gasteiger partial charge in [0.05, 0.1) is 16.7 Å². The van der Waals surface area contributed by atoms with E-state index in [9.17, 15) is 0 Å². The van der Waals surface area contributed by atoms with Crippen LogP contribution in [0.3, 0.4) is 0 Å². The molecule has 0 saturated heterocycles. The highest BCUT2D eigenvalue weighted by Gasteiger charge is 2.19. The molecular formula is C94H88N10. The van der Waals surface area contributed by atoms with E-state index in [1.54, 1.807) is 0 Å². The molecule has 0 amide bonds. The van der Waals surface area contributed by atoms with E-state index in [4.69, 9.17) is 0 Å². The van der Waals surface area contributed by atoms with Crippen LogP contribution in [0.15, 0.2) is 328 Å². The van der Waals surface area contributed by atoms with Crippen molar-refractivity contribution < 1.29 is 0 Å². The van der Waals surface area contributed by atoms with Gasteiger partial charge in [-0.15, -0.1) is 0 Å². The number of nitrogens with zero attached hydrogens (tertiary/aromatic N) is 10. The Morgan fingerprint density at radius 2 is 0.673 bits per heavy atom. The normalized spacial score (nSPS) is 10.7. The van der Waals surface area contributed by atoms with Crippen molar-refractivity contribution in [2.45, 2.75) is 75.2 Å². The lowest BCUT2D eigenvalue weighted by Crippen LogP contribution is -1.99. The van der Waals surface area contributed by atoms with E-state index in [-0.39, 0.29) is 0 Å². The van der Waals surface area contributed by atoms with Crippen LogP contribution in [0.25, 0.3) is 127 Å². The third-order valence-electron chi connectivity index (χ3n) is 17.6. The summed E-state index contributed by atoms with van der Waals surface area (Å²) in [4.78, 5) is 35.1. The van der Waals surface area contributed by atoms with Gasteiger partial charge in [-0.1, -0.05) is 274 Å². The van der Waals surface area contributed by atoms with E-state index >= 15 is 0 Å². The average Bonchev–Trinajstić information content (AvgIpc) is 1.12. The van der Waals surface area contributed by atoms with Crippen molar-refractivity contribution in [3.05, 3.63) is 357 Å². The highest BCUT2D eigenvalue weighted by atomic mass is 15.0. The van der Waals surface area contributed by atoms with Gasteiger partial charge in [-0.3, -0.25) is 19.5 Å². The van der Waals surface area contributed by atoms with Gasteiger partial charge in [-0.05, 0) is 134 Å². The van der Waals surface area contributed by atoms with Gasteiger partial charge >= 0.3 is 0 Å². The summed E-state index contributed by atoms with van der Waals surface area (Å²) in [6.45, 7) is 17.9. The number of hydrogen-bond acceptors (Lipinski definition) is 8. The fourth-order valence-electron chi connectivity index (χ4n) is 13.2. The molecule has 2 aliphatic carbocycles. The average molecular weight is 1360 g/mol. The smallest absolute Gasteiger partial charge is 0.163 e. The van der Waals surface area contributed by atoms with Crippen molar-refractivity contribution in [2.24, 2.45) is 7.05 Å². The van der Waals surface area contributed by atoms with Gasteiger partial charge in [0.25, 0.3) is 0 Å². The Kier molecular flexibility index (Phi) is 25.2.